The van der Waals surface area contributed by atoms with E-state index in [1.807, 2.05) is 11.0 Å². The second kappa shape index (κ2) is 7.96. The molecule has 0 unspecified atom stereocenters. The maximum atomic E-state index is 12.9. The number of nitrogens with zero attached hydrogens (tertiary/aromatic N) is 3. The summed E-state index contributed by atoms with van der Waals surface area (Å²) < 4.78 is 6.30. The molecule has 0 aliphatic carbocycles. The van der Waals surface area contributed by atoms with E-state index in [0.29, 0.717) is 11.3 Å². The topological polar surface area (TPSA) is 101 Å². The van der Waals surface area contributed by atoms with Crippen LogP contribution in [0.4, 0.5) is 5.69 Å². The summed E-state index contributed by atoms with van der Waals surface area (Å²) >= 11 is 0. The first kappa shape index (κ1) is 18.5. The van der Waals surface area contributed by atoms with Crippen molar-refractivity contribution in [2.45, 2.75) is 25.7 Å². The molecule has 0 spiro atoms. The van der Waals surface area contributed by atoms with Crippen LogP contribution >= 0.6 is 0 Å². The summed E-state index contributed by atoms with van der Waals surface area (Å²) in [5.41, 5.74) is 7.37. The van der Waals surface area contributed by atoms with Crippen molar-refractivity contribution in [1.29, 1.82) is 5.26 Å². The van der Waals surface area contributed by atoms with Crippen molar-refractivity contribution in [2.75, 3.05) is 25.9 Å². The molecule has 2 N–H and O–H groups in total. The molecule has 7 nitrogen and oxygen atoms in total. The highest BCUT2D eigenvalue weighted by Crippen LogP contribution is 2.25. The van der Waals surface area contributed by atoms with E-state index < -0.39 is 5.97 Å². The fraction of sp³-hybridized carbons (Fsp3) is 0.350. The Morgan fingerprint density at radius 2 is 1.89 bits per heavy atom. The van der Waals surface area contributed by atoms with E-state index in [1.165, 1.54) is 17.9 Å². The molecule has 0 atom stereocenters. The maximum absolute atomic E-state index is 12.9. The van der Waals surface area contributed by atoms with Crippen LogP contribution in [-0.4, -0.2) is 41.5 Å². The minimum atomic E-state index is -0.641. The summed E-state index contributed by atoms with van der Waals surface area (Å²) in [5, 5.41) is 9.24. The highest BCUT2D eigenvalue weighted by Gasteiger charge is 2.23. The first-order valence-electron chi connectivity index (χ1n) is 8.95. The van der Waals surface area contributed by atoms with Gasteiger partial charge in [0.05, 0.1) is 18.4 Å². The second-order valence-electron chi connectivity index (χ2n) is 6.54. The number of carbonyl (C=O) groups is 2. The Bertz CT molecular complexity index is 902. The molecule has 7 heteroatoms. The van der Waals surface area contributed by atoms with E-state index in [9.17, 15) is 14.9 Å². The van der Waals surface area contributed by atoms with Gasteiger partial charge in [0.2, 0.25) is 0 Å². The fourth-order valence-corrected chi connectivity index (χ4v) is 3.36. The van der Waals surface area contributed by atoms with Crippen LogP contribution in [0.3, 0.4) is 0 Å². The van der Waals surface area contributed by atoms with Crippen LogP contribution in [-0.2, 0) is 4.74 Å². The first-order chi connectivity index (χ1) is 13.1. The Balaban J connectivity index is 2.00. The number of anilines is 1. The average Bonchev–Trinajstić information content (AvgIpc) is 2.87. The number of nitriles is 1. The van der Waals surface area contributed by atoms with Gasteiger partial charge in [-0.25, -0.2) is 4.79 Å². The lowest BCUT2D eigenvalue weighted by Crippen LogP contribution is -2.31. The number of carbonyl (C=O) groups excluding carboxylic acids is 2. The number of ether oxygens (including phenoxy) is 1. The van der Waals surface area contributed by atoms with Gasteiger partial charge in [0, 0.05) is 30.5 Å². The molecule has 0 saturated carbocycles. The molecule has 1 aromatic heterocycles. The largest absolute Gasteiger partial charge is 0.464 e. The zero-order valence-electron chi connectivity index (χ0n) is 15.3. The summed E-state index contributed by atoms with van der Waals surface area (Å²) in [5.74, 6) is -0.669. The quantitative estimate of drug-likeness (QED) is 0.842. The summed E-state index contributed by atoms with van der Waals surface area (Å²) in [6, 6.07) is 8.95. The van der Waals surface area contributed by atoms with Crippen LogP contribution in [0.25, 0.3) is 5.69 Å². The number of nitrogens with two attached hydrogens (primary N) is 1. The number of hydrogen-bond acceptors (Lipinski definition) is 5. The lowest BCUT2D eigenvalue weighted by Gasteiger charge is -2.20. The lowest BCUT2D eigenvalue weighted by atomic mass is 10.1. The third kappa shape index (κ3) is 3.65. The van der Waals surface area contributed by atoms with Gasteiger partial charge in [-0.1, -0.05) is 18.9 Å². The van der Waals surface area contributed by atoms with Crippen molar-refractivity contribution < 1.29 is 14.3 Å². The monoisotopic (exact) mass is 366 g/mol. The van der Waals surface area contributed by atoms with Gasteiger partial charge >= 0.3 is 5.97 Å². The van der Waals surface area contributed by atoms with Gasteiger partial charge in [-0.3, -0.25) is 4.79 Å². The van der Waals surface area contributed by atoms with Crippen LogP contribution in [0.5, 0.6) is 0 Å². The zero-order valence-corrected chi connectivity index (χ0v) is 15.3. The van der Waals surface area contributed by atoms with Gasteiger partial charge in [-0.05, 0) is 31.0 Å². The number of likely N-dealkylation sites (tertiary alicyclic amines) is 1. The van der Waals surface area contributed by atoms with E-state index in [1.54, 1.807) is 24.3 Å². The molecule has 2 heterocycles. The molecule has 1 amide bonds. The molecule has 0 radical (unpaired) electrons. The summed E-state index contributed by atoms with van der Waals surface area (Å²) in [6.45, 7) is 1.51. The van der Waals surface area contributed by atoms with Crippen molar-refractivity contribution in [2.24, 2.45) is 0 Å². The minimum absolute atomic E-state index is 0.0287. The van der Waals surface area contributed by atoms with Gasteiger partial charge in [0.25, 0.3) is 5.91 Å². The predicted molar refractivity (Wildman–Crippen MR) is 101 cm³/mol. The standard InChI is InChI=1S/C20H22N4O3/c1-27-20(26)18-17(22)15(12-21)13-24(18)16-8-6-7-14(11-16)19(25)23-9-4-2-3-5-10-23/h6-8,11,13H,2-5,9-10,22H2,1H3. The van der Waals surface area contributed by atoms with Crippen LogP contribution in [0, 0.1) is 11.3 Å². The number of amides is 1. The van der Waals surface area contributed by atoms with Crippen molar-refractivity contribution in [3.63, 3.8) is 0 Å². The molecular weight excluding hydrogens is 344 g/mol. The number of rotatable bonds is 3. The van der Waals surface area contributed by atoms with E-state index in [-0.39, 0.29) is 22.9 Å². The predicted octanol–water partition coefficient (Wildman–Crippen LogP) is 2.73. The number of methoxy groups -OCH3 is 1. The van der Waals surface area contributed by atoms with E-state index in [2.05, 4.69) is 0 Å². The molecule has 27 heavy (non-hydrogen) atoms. The van der Waals surface area contributed by atoms with Crippen molar-refractivity contribution in [3.05, 3.63) is 47.3 Å². The van der Waals surface area contributed by atoms with Crippen LogP contribution in [0.15, 0.2) is 30.5 Å². The highest BCUT2D eigenvalue weighted by atomic mass is 16.5. The van der Waals surface area contributed by atoms with Crippen molar-refractivity contribution in [3.8, 4) is 11.8 Å². The van der Waals surface area contributed by atoms with Crippen LogP contribution < -0.4 is 5.73 Å². The van der Waals surface area contributed by atoms with Crippen molar-refractivity contribution in [1.82, 2.24) is 9.47 Å². The third-order valence-corrected chi connectivity index (χ3v) is 4.81. The van der Waals surface area contributed by atoms with Gasteiger partial charge in [-0.15, -0.1) is 0 Å². The summed E-state index contributed by atoms with van der Waals surface area (Å²) in [6.07, 6.45) is 5.80. The van der Waals surface area contributed by atoms with Crippen LogP contribution in [0.2, 0.25) is 0 Å². The summed E-state index contributed by atoms with van der Waals surface area (Å²) in [4.78, 5) is 26.9. The average molecular weight is 366 g/mol. The number of nitrogen functional groups attached to an aromatic ring is 1. The molecule has 1 fully saturated rings. The molecule has 1 saturated heterocycles. The smallest absolute Gasteiger partial charge is 0.357 e. The van der Waals surface area contributed by atoms with Crippen molar-refractivity contribution >= 4 is 17.6 Å². The Morgan fingerprint density at radius 3 is 2.52 bits per heavy atom. The lowest BCUT2D eigenvalue weighted by molar-refractivity contribution is 0.0592. The number of hydrogen-bond donors (Lipinski definition) is 1. The Labute approximate surface area is 157 Å². The Morgan fingerprint density at radius 1 is 1.19 bits per heavy atom. The van der Waals surface area contributed by atoms with Gasteiger partial charge in [0.1, 0.15) is 6.07 Å². The molecule has 140 valence electrons. The summed E-state index contributed by atoms with van der Waals surface area (Å²) in [7, 11) is 1.25. The Kier molecular flexibility index (Phi) is 5.46. The normalized spacial score (nSPS) is 14.3. The fourth-order valence-electron chi connectivity index (χ4n) is 3.36. The molecule has 0 bridgehead atoms. The Hall–Kier alpha value is -3.27. The minimum Gasteiger partial charge on any atom is -0.464 e. The third-order valence-electron chi connectivity index (χ3n) is 4.81. The molecule has 2 aromatic rings. The van der Waals surface area contributed by atoms with Crippen LogP contribution in [0.1, 0.15) is 52.1 Å². The molecule has 3 rings (SSSR count). The number of aromatic nitrogens is 1. The van der Waals surface area contributed by atoms with E-state index in [4.69, 9.17) is 10.5 Å². The molecular formula is C20H22N4O3. The van der Waals surface area contributed by atoms with Gasteiger partial charge in [-0.2, -0.15) is 5.26 Å². The maximum Gasteiger partial charge on any atom is 0.357 e. The zero-order chi connectivity index (χ0) is 19.4. The number of esters is 1. The molecule has 1 aliphatic rings. The second-order valence-corrected chi connectivity index (χ2v) is 6.54. The molecule has 1 aliphatic heterocycles. The SMILES string of the molecule is COC(=O)c1c(N)c(C#N)cn1-c1cccc(C(=O)N2CCCCCC2)c1. The van der Waals surface area contributed by atoms with Gasteiger partial charge < -0.3 is 19.9 Å². The number of benzene rings is 1. The highest BCUT2D eigenvalue weighted by molar-refractivity contribution is 5.97. The van der Waals surface area contributed by atoms with E-state index in [0.717, 1.165) is 38.8 Å². The van der Waals surface area contributed by atoms with Gasteiger partial charge in [0.15, 0.2) is 5.69 Å². The molecule has 1 aromatic carbocycles. The first-order valence-corrected chi connectivity index (χ1v) is 8.95. The van der Waals surface area contributed by atoms with E-state index >= 15 is 0 Å².